The monoisotopic (exact) mass is 423 g/mol. The summed E-state index contributed by atoms with van der Waals surface area (Å²) in [5.74, 6) is 1.28. The van der Waals surface area contributed by atoms with Gasteiger partial charge in [0.05, 0.1) is 12.6 Å². The van der Waals surface area contributed by atoms with Gasteiger partial charge in [0.15, 0.2) is 5.96 Å². The summed E-state index contributed by atoms with van der Waals surface area (Å²) in [6.07, 6.45) is 3.69. The number of rotatable bonds is 8. The number of nitrogens with zero attached hydrogens (tertiary/aromatic N) is 3. The standard InChI is InChI=1S/C20H30ClN5OS/c1-5-22-19(23-12-14-28(27)20(2,3)4)24-15-18(26-13-6-11-25-26)16-7-9-17(21)10-8-16/h6-11,13,18H,5,12,14-15H2,1-4H3,(H2,22,23,24). The molecule has 0 spiro atoms. The highest BCUT2D eigenvalue weighted by Gasteiger charge is 2.19. The zero-order valence-corrected chi connectivity index (χ0v) is 18.6. The minimum atomic E-state index is -0.899. The highest BCUT2D eigenvalue weighted by molar-refractivity contribution is 7.86. The normalized spacial score (nSPS) is 14.5. The third kappa shape index (κ3) is 6.95. The Kier molecular flexibility index (Phi) is 8.51. The number of nitrogens with one attached hydrogen (secondary N) is 2. The van der Waals surface area contributed by atoms with Gasteiger partial charge in [-0.15, -0.1) is 0 Å². The summed E-state index contributed by atoms with van der Waals surface area (Å²) < 4.78 is 13.9. The summed E-state index contributed by atoms with van der Waals surface area (Å²) in [4.78, 5) is 4.73. The van der Waals surface area contributed by atoms with Crippen molar-refractivity contribution in [2.75, 3.05) is 25.4 Å². The smallest absolute Gasteiger partial charge is 0.191 e. The van der Waals surface area contributed by atoms with Crippen molar-refractivity contribution >= 4 is 28.4 Å². The second kappa shape index (κ2) is 10.6. The van der Waals surface area contributed by atoms with Crippen LogP contribution in [0.25, 0.3) is 0 Å². The van der Waals surface area contributed by atoms with E-state index >= 15 is 0 Å². The van der Waals surface area contributed by atoms with Gasteiger partial charge in [0.1, 0.15) is 0 Å². The molecule has 0 bridgehead atoms. The van der Waals surface area contributed by atoms with E-state index in [1.165, 1.54) is 0 Å². The van der Waals surface area contributed by atoms with Crippen LogP contribution >= 0.6 is 11.6 Å². The first-order chi connectivity index (χ1) is 13.3. The number of halogens is 1. The van der Waals surface area contributed by atoms with Gasteiger partial charge in [-0.25, -0.2) is 0 Å². The predicted octanol–water partition coefficient (Wildman–Crippen LogP) is 3.23. The molecule has 0 saturated carbocycles. The molecule has 154 valence electrons. The predicted molar refractivity (Wildman–Crippen MR) is 119 cm³/mol. The lowest BCUT2D eigenvalue weighted by Crippen LogP contribution is -2.40. The van der Waals surface area contributed by atoms with Crippen LogP contribution in [0.5, 0.6) is 0 Å². The van der Waals surface area contributed by atoms with Gasteiger partial charge in [-0.3, -0.25) is 13.9 Å². The fourth-order valence-electron chi connectivity index (χ4n) is 2.58. The molecule has 0 saturated heterocycles. The highest BCUT2D eigenvalue weighted by atomic mass is 35.5. The first-order valence-corrected chi connectivity index (χ1v) is 11.2. The molecule has 2 atom stereocenters. The van der Waals surface area contributed by atoms with E-state index in [1.807, 2.05) is 68.9 Å². The quantitative estimate of drug-likeness (QED) is 0.505. The van der Waals surface area contributed by atoms with Crippen molar-refractivity contribution in [3.05, 3.63) is 53.3 Å². The minimum absolute atomic E-state index is 0.0357. The van der Waals surface area contributed by atoms with Crippen molar-refractivity contribution in [2.24, 2.45) is 4.99 Å². The third-order valence-electron chi connectivity index (χ3n) is 4.13. The molecule has 8 heteroatoms. The van der Waals surface area contributed by atoms with Gasteiger partial charge in [-0.2, -0.15) is 5.10 Å². The Labute approximate surface area is 175 Å². The Bertz CT molecular complexity index is 769. The molecule has 2 unspecified atom stereocenters. The average molecular weight is 424 g/mol. The summed E-state index contributed by atoms with van der Waals surface area (Å²) >= 11 is 6.03. The van der Waals surface area contributed by atoms with Gasteiger partial charge in [0, 0.05) is 51.8 Å². The van der Waals surface area contributed by atoms with Crippen molar-refractivity contribution in [2.45, 2.75) is 38.5 Å². The van der Waals surface area contributed by atoms with Gasteiger partial charge in [-0.05, 0) is 51.5 Å². The number of hydrogen-bond acceptors (Lipinski definition) is 3. The van der Waals surface area contributed by atoms with Gasteiger partial charge >= 0.3 is 0 Å². The molecule has 0 aliphatic carbocycles. The number of aliphatic imine (C=N–C) groups is 1. The molecule has 1 heterocycles. The maximum absolute atomic E-state index is 12.2. The number of aromatic nitrogens is 2. The highest BCUT2D eigenvalue weighted by Crippen LogP contribution is 2.20. The Balaban J connectivity index is 2.08. The van der Waals surface area contributed by atoms with E-state index in [0.29, 0.717) is 29.8 Å². The van der Waals surface area contributed by atoms with E-state index in [4.69, 9.17) is 16.6 Å². The summed E-state index contributed by atoms with van der Waals surface area (Å²) in [5, 5.41) is 11.6. The topological polar surface area (TPSA) is 71.3 Å². The van der Waals surface area contributed by atoms with E-state index in [9.17, 15) is 4.21 Å². The van der Waals surface area contributed by atoms with Crippen LogP contribution in [0.2, 0.25) is 5.02 Å². The van der Waals surface area contributed by atoms with Crippen molar-refractivity contribution < 1.29 is 4.21 Å². The molecule has 0 fully saturated rings. The van der Waals surface area contributed by atoms with E-state index in [1.54, 1.807) is 6.20 Å². The summed E-state index contributed by atoms with van der Waals surface area (Å²) in [5.41, 5.74) is 1.08. The fourth-order valence-corrected chi connectivity index (χ4v) is 3.61. The largest absolute Gasteiger partial charge is 0.357 e. The zero-order valence-electron chi connectivity index (χ0n) is 17.0. The maximum Gasteiger partial charge on any atom is 0.191 e. The Morgan fingerprint density at radius 3 is 2.57 bits per heavy atom. The summed E-state index contributed by atoms with van der Waals surface area (Å²) in [7, 11) is -0.899. The zero-order chi connectivity index (χ0) is 20.6. The van der Waals surface area contributed by atoms with Gasteiger partial charge in [0.2, 0.25) is 0 Å². The van der Waals surface area contributed by atoms with E-state index < -0.39 is 10.8 Å². The second-order valence-electron chi connectivity index (χ2n) is 7.36. The maximum atomic E-state index is 12.2. The Hall–Kier alpha value is -1.86. The Morgan fingerprint density at radius 2 is 2.00 bits per heavy atom. The molecule has 6 nitrogen and oxygen atoms in total. The number of hydrogen-bond donors (Lipinski definition) is 2. The van der Waals surface area contributed by atoms with Crippen molar-refractivity contribution in [3.8, 4) is 0 Å². The van der Waals surface area contributed by atoms with Crippen LogP contribution in [-0.4, -0.2) is 50.1 Å². The Morgan fingerprint density at radius 1 is 1.29 bits per heavy atom. The van der Waals surface area contributed by atoms with Gasteiger partial charge in [0.25, 0.3) is 0 Å². The van der Waals surface area contributed by atoms with E-state index in [2.05, 4.69) is 15.7 Å². The number of guanidine groups is 1. The van der Waals surface area contributed by atoms with Crippen LogP contribution in [0.1, 0.15) is 39.3 Å². The van der Waals surface area contributed by atoms with E-state index in [0.717, 1.165) is 12.1 Å². The first kappa shape index (κ1) is 22.4. The molecule has 0 aliphatic rings. The second-order valence-corrected chi connectivity index (χ2v) is 10.1. The van der Waals surface area contributed by atoms with Gasteiger partial charge < -0.3 is 10.6 Å². The summed E-state index contributed by atoms with van der Waals surface area (Å²) in [6, 6.07) is 9.61. The SMILES string of the molecule is CCNC(=NCC(c1ccc(Cl)cc1)n1cccn1)NCCS(=O)C(C)(C)C. The third-order valence-corrected chi connectivity index (χ3v) is 6.32. The molecule has 2 aromatic rings. The first-order valence-electron chi connectivity index (χ1n) is 9.46. The molecule has 28 heavy (non-hydrogen) atoms. The molecule has 2 N–H and O–H groups in total. The molecule has 1 aromatic heterocycles. The molecule has 0 amide bonds. The summed E-state index contributed by atoms with van der Waals surface area (Å²) in [6.45, 7) is 9.86. The van der Waals surface area contributed by atoms with Crippen molar-refractivity contribution in [1.29, 1.82) is 0 Å². The molecule has 0 radical (unpaired) electrons. The van der Waals surface area contributed by atoms with Crippen LogP contribution < -0.4 is 10.6 Å². The van der Waals surface area contributed by atoms with E-state index in [-0.39, 0.29) is 10.8 Å². The van der Waals surface area contributed by atoms with Crippen LogP contribution in [0.3, 0.4) is 0 Å². The molecular formula is C20H30ClN5OS. The molecular weight excluding hydrogens is 394 g/mol. The van der Waals surface area contributed by atoms with Crippen molar-refractivity contribution in [1.82, 2.24) is 20.4 Å². The fraction of sp³-hybridized carbons (Fsp3) is 0.500. The van der Waals surface area contributed by atoms with Crippen LogP contribution in [0.15, 0.2) is 47.7 Å². The van der Waals surface area contributed by atoms with Crippen molar-refractivity contribution in [3.63, 3.8) is 0 Å². The average Bonchev–Trinajstić information content (AvgIpc) is 3.16. The number of benzene rings is 1. The lowest BCUT2D eigenvalue weighted by atomic mass is 10.1. The van der Waals surface area contributed by atoms with Gasteiger partial charge in [-0.1, -0.05) is 23.7 Å². The van der Waals surface area contributed by atoms with Crippen LogP contribution in [-0.2, 0) is 10.8 Å². The molecule has 2 rings (SSSR count). The van der Waals surface area contributed by atoms with Crippen LogP contribution in [0, 0.1) is 0 Å². The molecule has 1 aromatic carbocycles. The van der Waals surface area contributed by atoms with Crippen LogP contribution in [0.4, 0.5) is 0 Å². The molecule has 0 aliphatic heterocycles. The minimum Gasteiger partial charge on any atom is -0.357 e. The lowest BCUT2D eigenvalue weighted by Gasteiger charge is -2.19. The lowest BCUT2D eigenvalue weighted by molar-refractivity contribution is 0.531.